The molecule has 1 aromatic carbocycles. The van der Waals surface area contributed by atoms with Crippen LogP contribution in [0.15, 0.2) is 24.4 Å². The van der Waals surface area contributed by atoms with E-state index in [4.69, 9.17) is 9.84 Å². The van der Waals surface area contributed by atoms with E-state index in [1.54, 1.807) is 18.2 Å². The van der Waals surface area contributed by atoms with E-state index >= 15 is 0 Å². The van der Waals surface area contributed by atoms with Crippen molar-refractivity contribution in [2.75, 3.05) is 6.61 Å². The van der Waals surface area contributed by atoms with Crippen molar-refractivity contribution in [3.63, 3.8) is 0 Å². The molecule has 4 heteroatoms. The van der Waals surface area contributed by atoms with Gasteiger partial charge in [0.15, 0.2) is 0 Å². The number of rotatable bonds is 3. The highest BCUT2D eigenvalue weighted by Crippen LogP contribution is 2.23. The number of hydrogen-bond acceptors (Lipinski definition) is 2. The van der Waals surface area contributed by atoms with E-state index in [2.05, 4.69) is 4.98 Å². The van der Waals surface area contributed by atoms with Gasteiger partial charge in [-0.2, -0.15) is 0 Å². The number of aromatic nitrogens is 1. The summed E-state index contributed by atoms with van der Waals surface area (Å²) in [5.74, 6) is -0.186. The summed E-state index contributed by atoms with van der Waals surface area (Å²) >= 11 is 0. The molecule has 0 amide bonds. The number of carboxylic acids is 1. The Labute approximate surface area is 86.5 Å². The van der Waals surface area contributed by atoms with Crippen molar-refractivity contribution in [2.45, 2.75) is 6.92 Å². The fourth-order valence-corrected chi connectivity index (χ4v) is 1.54. The Morgan fingerprint density at radius 1 is 1.53 bits per heavy atom. The zero-order valence-corrected chi connectivity index (χ0v) is 8.28. The monoisotopic (exact) mass is 205 g/mol. The Kier molecular flexibility index (Phi) is 2.33. The molecule has 0 aliphatic rings. The fraction of sp³-hybridized carbons (Fsp3) is 0.182. The van der Waals surface area contributed by atoms with Gasteiger partial charge < -0.3 is 14.8 Å². The Balaban J connectivity index is 2.51. The van der Waals surface area contributed by atoms with E-state index in [9.17, 15) is 4.79 Å². The molecule has 0 aliphatic heterocycles. The zero-order valence-electron chi connectivity index (χ0n) is 8.28. The first-order valence-corrected chi connectivity index (χ1v) is 4.69. The topological polar surface area (TPSA) is 62.3 Å². The number of carbonyl (C=O) groups is 1. The lowest BCUT2D eigenvalue weighted by Crippen LogP contribution is -1.94. The first-order valence-electron chi connectivity index (χ1n) is 4.69. The molecule has 0 aliphatic carbocycles. The number of ether oxygens (including phenoxy) is 1. The highest BCUT2D eigenvalue weighted by molar-refractivity contribution is 6.03. The minimum Gasteiger partial charge on any atom is -0.494 e. The zero-order chi connectivity index (χ0) is 10.8. The first-order chi connectivity index (χ1) is 7.22. The van der Waals surface area contributed by atoms with Gasteiger partial charge in [0.25, 0.3) is 0 Å². The van der Waals surface area contributed by atoms with Crippen LogP contribution in [0, 0.1) is 0 Å². The summed E-state index contributed by atoms with van der Waals surface area (Å²) in [6.07, 6.45) is 1.49. The van der Waals surface area contributed by atoms with Crippen LogP contribution in [0.4, 0.5) is 0 Å². The number of H-pyrrole nitrogens is 1. The predicted octanol–water partition coefficient (Wildman–Crippen LogP) is 2.26. The smallest absolute Gasteiger partial charge is 0.337 e. The van der Waals surface area contributed by atoms with Crippen LogP contribution in [0.3, 0.4) is 0 Å². The first kappa shape index (κ1) is 9.58. The minimum absolute atomic E-state index is 0.285. The summed E-state index contributed by atoms with van der Waals surface area (Å²) in [6.45, 7) is 2.50. The molecule has 1 aromatic heterocycles. The average molecular weight is 205 g/mol. The average Bonchev–Trinajstić information content (AvgIpc) is 2.61. The van der Waals surface area contributed by atoms with Gasteiger partial charge in [-0.1, -0.05) is 0 Å². The van der Waals surface area contributed by atoms with Gasteiger partial charge in [0.1, 0.15) is 5.75 Å². The lowest BCUT2D eigenvalue weighted by Gasteiger charge is -2.02. The Hall–Kier alpha value is -1.97. The molecule has 0 saturated carbocycles. The summed E-state index contributed by atoms with van der Waals surface area (Å²) in [5.41, 5.74) is 1.06. The van der Waals surface area contributed by atoms with Gasteiger partial charge in [0, 0.05) is 23.2 Å². The van der Waals surface area contributed by atoms with E-state index < -0.39 is 5.97 Å². The fourth-order valence-electron chi connectivity index (χ4n) is 1.54. The molecule has 4 nitrogen and oxygen atoms in total. The maximum Gasteiger partial charge on any atom is 0.337 e. The molecule has 78 valence electrons. The van der Waals surface area contributed by atoms with Crippen molar-refractivity contribution in [3.05, 3.63) is 30.0 Å². The largest absolute Gasteiger partial charge is 0.494 e. The van der Waals surface area contributed by atoms with Gasteiger partial charge in [-0.05, 0) is 19.1 Å². The van der Waals surface area contributed by atoms with Crippen molar-refractivity contribution in [1.82, 2.24) is 4.98 Å². The van der Waals surface area contributed by atoms with E-state index in [1.165, 1.54) is 6.20 Å². The second-order valence-corrected chi connectivity index (χ2v) is 3.15. The molecule has 0 fully saturated rings. The number of hydrogen-bond donors (Lipinski definition) is 2. The Morgan fingerprint density at radius 3 is 3.00 bits per heavy atom. The lowest BCUT2D eigenvalue weighted by molar-refractivity contribution is 0.0699. The van der Waals surface area contributed by atoms with Crippen LogP contribution in [0.25, 0.3) is 10.9 Å². The van der Waals surface area contributed by atoms with Crippen LogP contribution >= 0.6 is 0 Å². The molecule has 2 aromatic rings. The van der Waals surface area contributed by atoms with Crippen LogP contribution in [-0.2, 0) is 0 Å². The summed E-state index contributed by atoms with van der Waals surface area (Å²) < 4.78 is 5.32. The van der Waals surface area contributed by atoms with E-state index in [0.29, 0.717) is 12.0 Å². The lowest BCUT2D eigenvalue weighted by atomic mass is 10.2. The third-order valence-corrected chi connectivity index (χ3v) is 2.19. The third kappa shape index (κ3) is 1.66. The quantitative estimate of drug-likeness (QED) is 0.807. The number of fused-ring (bicyclic) bond motifs is 1. The number of benzene rings is 1. The van der Waals surface area contributed by atoms with Crippen LogP contribution in [0.1, 0.15) is 17.3 Å². The normalized spacial score (nSPS) is 10.5. The number of carboxylic acid groups (broad SMARTS) is 1. The van der Waals surface area contributed by atoms with Crippen LogP contribution in [0.2, 0.25) is 0 Å². The molecular weight excluding hydrogens is 194 g/mol. The van der Waals surface area contributed by atoms with Crippen molar-refractivity contribution in [1.29, 1.82) is 0 Å². The summed E-state index contributed by atoms with van der Waals surface area (Å²) in [4.78, 5) is 13.7. The molecule has 0 atom stereocenters. The molecule has 0 radical (unpaired) electrons. The van der Waals surface area contributed by atoms with E-state index in [0.717, 1.165) is 11.3 Å². The van der Waals surface area contributed by atoms with Gasteiger partial charge in [0.2, 0.25) is 0 Å². The molecule has 2 N–H and O–H groups in total. The van der Waals surface area contributed by atoms with Gasteiger partial charge in [0.05, 0.1) is 12.2 Å². The predicted molar refractivity (Wildman–Crippen MR) is 56.4 cm³/mol. The molecule has 0 bridgehead atoms. The van der Waals surface area contributed by atoms with Crippen LogP contribution in [-0.4, -0.2) is 22.7 Å². The van der Waals surface area contributed by atoms with Crippen molar-refractivity contribution in [2.24, 2.45) is 0 Å². The standard InChI is InChI=1S/C11H11NO3/c1-2-15-7-3-4-8-9(11(13)14)6-12-10(8)5-7/h3-6,12H,2H2,1H3,(H,13,14). The van der Waals surface area contributed by atoms with Gasteiger partial charge in [-0.3, -0.25) is 0 Å². The highest BCUT2D eigenvalue weighted by atomic mass is 16.5. The molecule has 2 rings (SSSR count). The third-order valence-electron chi connectivity index (χ3n) is 2.19. The maximum absolute atomic E-state index is 10.8. The molecule has 0 saturated heterocycles. The second-order valence-electron chi connectivity index (χ2n) is 3.15. The Bertz CT molecular complexity index is 502. The number of aromatic carboxylic acids is 1. The Morgan fingerprint density at radius 2 is 2.33 bits per heavy atom. The van der Waals surface area contributed by atoms with Gasteiger partial charge in [-0.25, -0.2) is 4.79 Å². The van der Waals surface area contributed by atoms with Crippen molar-refractivity contribution < 1.29 is 14.6 Å². The number of aromatic amines is 1. The van der Waals surface area contributed by atoms with Crippen LogP contribution < -0.4 is 4.74 Å². The molecule has 0 unspecified atom stereocenters. The maximum atomic E-state index is 10.8. The highest BCUT2D eigenvalue weighted by Gasteiger charge is 2.10. The SMILES string of the molecule is CCOc1ccc2c(C(=O)O)c[nH]c2c1. The van der Waals surface area contributed by atoms with Gasteiger partial charge >= 0.3 is 5.97 Å². The van der Waals surface area contributed by atoms with Gasteiger partial charge in [-0.15, -0.1) is 0 Å². The van der Waals surface area contributed by atoms with E-state index in [1.807, 2.05) is 6.92 Å². The molecule has 1 heterocycles. The molecule has 15 heavy (non-hydrogen) atoms. The molecule has 0 spiro atoms. The summed E-state index contributed by atoms with van der Waals surface area (Å²) in [5, 5.41) is 9.59. The summed E-state index contributed by atoms with van der Waals surface area (Å²) in [7, 11) is 0. The minimum atomic E-state index is -0.926. The summed E-state index contributed by atoms with van der Waals surface area (Å²) in [6, 6.07) is 5.32. The van der Waals surface area contributed by atoms with Crippen molar-refractivity contribution in [3.8, 4) is 5.75 Å². The number of nitrogens with one attached hydrogen (secondary N) is 1. The second kappa shape index (κ2) is 3.65. The van der Waals surface area contributed by atoms with Crippen LogP contribution in [0.5, 0.6) is 5.75 Å². The van der Waals surface area contributed by atoms with E-state index in [-0.39, 0.29) is 5.56 Å². The van der Waals surface area contributed by atoms with Crippen molar-refractivity contribution >= 4 is 16.9 Å². The molecular formula is C11H11NO3.